The van der Waals surface area contributed by atoms with E-state index in [0.717, 1.165) is 0 Å². The maximum Gasteiger partial charge on any atom is -0.0533 e. The maximum atomic E-state index is 2.27. The minimum Gasteiger partial charge on any atom is -0.197 e. The van der Waals surface area contributed by atoms with Gasteiger partial charge in [-0.25, -0.2) is 0 Å². The molecule has 0 aromatic heterocycles. The molecule has 0 rings (SSSR count). The Kier molecular flexibility index (Phi) is 151. The zero-order valence-corrected chi connectivity index (χ0v) is 62.8. The molecule has 0 atom stereocenters. The second kappa shape index (κ2) is 122. The van der Waals surface area contributed by atoms with E-state index in [1.54, 1.807) is 0 Å². The quantitative estimate of drug-likeness (QED) is 0.0533. The van der Waals surface area contributed by atoms with Crippen molar-refractivity contribution in [2.45, 2.75) is 522 Å². The predicted molar refractivity (Wildman–Crippen MR) is 397 cm³/mol. The molecule has 0 aromatic rings. The molecule has 0 aliphatic rings. The van der Waals surface area contributed by atoms with Crippen LogP contribution in [0.15, 0.2) is 0 Å². The molecule has 0 N–H and O–H groups in total. The van der Waals surface area contributed by atoms with E-state index in [2.05, 4.69) is 111 Å². The van der Waals surface area contributed by atoms with Crippen LogP contribution in [-0.2, 0) is 0 Å². The van der Waals surface area contributed by atoms with Crippen molar-refractivity contribution in [2.24, 2.45) is 0 Å². The highest BCUT2D eigenvalue weighted by Gasteiger charge is 1.93. The third kappa shape index (κ3) is 155. The van der Waals surface area contributed by atoms with Crippen LogP contribution in [-0.4, -0.2) is 0 Å². The molecule has 0 aromatic carbocycles. The van der Waals surface area contributed by atoms with Gasteiger partial charge >= 0.3 is 0 Å². The van der Waals surface area contributed by atoms with E-state index in [1.807, 2.05) is 0 Å². The van der Waals surface area contributed by atoms with E-state index in [1.165, 1.54) is 411 Å². The Morgan fingerprint density at radius 1 is 0.0741 bits per heavy atom. The molecule has 0 bridgehead atoms. The molecule has 0 fully saturated rings. The van der Waals surface area contributed by atoms with Gasteiger partial charge < -0.3 is 0 Å². The first-order valence-corrected chi connectivity index (χ1v) is 39.3. The maximum absolute atomic E-state index is 2.27. The van der Waals surface area contributed by atoms with Gasteiger partial charge in [0, 0.05) is 0 Å². The highest BCUT2D eigenvalue weighted by molar-refractivity contribution is 7.59. The molecule has 0 aliphatic heterocycles. The lowest BCUT2D eigenvalue weighted by molar-refractivity contribution is 0.585. The van der Waals surface area contributed by atoms with Crippen LogP contribution in [0.3, 0.4) is 0 Å². The fourth-order valence-corrected chi connectivity index (χ4v) is 9.66. The lowest BCUT2D eigenvalue weighted by Gasteiger charge is -1.97. The summed E-state index contributed by atoms with van der Waals surface area (Å²) in [5.41, 5.74) is 0. The summed E-state index contributed by atoms with van der Waals surface area (Å²) in [5, 5.41) is 0. The van der Waals surface area contributed by atoms with Crippen LogP contribution in [0.2, 0.25) is 0 Å². The van der Waals surface area contributed by atoms with Crippen molar-refractivity contribution in [3.63, 3.8) is 0 Å². The number of hydrogen-bond acceptors (Lipinski definition) is 0. The van der Waals surface area contributed by atoms with Gasteiger partial charge in [-0.2, -0.15) is 13.5 Å². The zero-order chi connectivity index (χ0) is 61.3. The highest BCUT2D eigenvalue weighted by atomic mass is 32.1. The van der Waals surface area contributed by atoms with Crippen LogP contribution in [0.25, 0.3) is 0 Å². The number of hydrogen-bond donors (Lipinski definition) is 0. The fraction of sp³-hybridized carbons (Fsp3) is 1.00. The summed E-state index contributed by atoms with van der Waals surface area (Å²) in [6.07, 6.45) is 91.7. The van der Waals surface area contributed by atoms with Gasteiger partial charge in [0.2, 0.25) is 0 Å². The summed E-state index contributed by atoms with van der Waals surface area (Å²) in [6.45, 7) is 36.3. The summed E-state index contributed by atoms with van der Waals surface area (Å²) in [6, 6.07) is 0. The minimum atomic E-state index is 0. The van der Waals surface area contributed by atoms with Crippen molar-refractivity contribution in [1.29, 1.82) is 0 Å². The topological polar surface area (TPSA) is 0 Å². The Morgan fingerprint density at radius 2 is 0.111 bits per heavy atom. The fourth-order valence-electron chi connectivity index (χ4n) is 9.66. The Morgan fingerprint density at radius 3 is 0.148 bits per heavy atom. The van der Waals surface area contributed by atoms with Crippen molar-refractivity contribution >= 4 is 13.5 Å². The Balaban J connectivity index is -0.000000104. The summed E-state index contributed by atoms with van der Waals surface area (Å²) >= 11 is 0. The lowest BCUT2D eigenvalue weighted by atomic mass is 10.1. The molecule has 0 heterocycles. The monoisotopic (exact) mass is 1170 g/mol. The molecule has 1 heteroatoms. The smallest absolute Gasteiger partial charge is 0.0533 e. The SMILES string of the molecule is CCCCCCCCCC.CCCCCCCCCC.CCCCCCCCCC.CCCCCCCCCC.CCCCCCCCCC.CCCCCCCCCC.CCCCCCCCCC.CCCCCCCCCC.S. The molecule has 0 unspecified atom stereocenters. The molecule has 0 aliphatic carbocycles. The van der Waals surface area contributed by atoms with Gasteiger partial charge in [-0.05, 0) is 0 Å². The van der Waals surface area contributed by atoms with Crippen molar-refractivity contribution in [2.75, 3.05) is 0 Å². The van der Waals surface area contributed by atoms with E-state index in [-0.39, 0.29) is 13.5 Å². The molecule has 0 radical (unpaired) electrons. The second-order valence-electron chi connectivity index (χ2n) is 25.0. The van der Waals surface area contributed by atoms with E-state index >= 15 is 0 Å². The van der Waals surface area contributed by atoms with Crippen LogP contribution < -0.4 is 0 Å². The van der Waals surface area contributed by atoms with Gasteiger partial charge in [0.05, 0.1) is 0 Å². The van der Waals surface area contributed by atoms with E-state index in [0.29, 0.717) is 0 Å². The molecule has 0 nitrogen and oxygen atoms in total. The summed E-state index contributed by atoms with van der Waals surface area (Å²) in [5.74, 6) is 0. The molecule has 81 heavy (non-hydrogen) atoms. The first-order valence-electron chi connectivity index (χ1n) is 39.3. The Hall–Kier alpha value is 0.350. The Bertz CT molecular complexity index is 520. The summed E-state index contributed by atoms with van der Waals surface area (Å²) < 4.78 is 0. The van der Waals surface area contributed by atoms with Gasteiger partial charge in [0.25, 0.3) is 0 Å². The second-order valence-corrected chi connectivity index (χ2v) is 25.0. The van der Waals surface area contributed by atoms with Gasteiger partial charge in [-0.1, -0.05) is 522 Å². The van der Waals surface area contributed by atoms with E-state index in [9.17, 15) is 0 Å². The first kappa shape index (κ1) is 100. The van der Waals surface area contributed by atoms with Crippen LogP contribution in [0.5, 0.6) is 0 Å². The van der Waals surface area contributed by atoms with Crippen LogP contribution in [0, 0.1) is 0 Å². The van der Waals surface area contributed by atoms with E-state index < -0.39 is 0 Å². The zero-order valence-electron chi connectivity index (χ0n) is 61.8. The normalized spacial score (nSPS) is 10.1. The first-order chi connectivity index (χ1) is 39.3. The molecule has 0 amide bonds. The van der Waals surface area contributed by atoms with Crippen molar-refractivity contribution in [3.05, 3.63) is 0 Å². The molecular weight excluding hydrogens is 993 g/mol. The van der Waals surface area contributed by atoms with Crippen LogP contribution in [0.4, 0.5) is 0 Å². The molecular formula is C80H178S. The van der Waals surface area contributed by atoms with Gasteiger partial charge in [0.15, 0.2) is 0 Å². The largest absolute Gasteiger partial charge is 0.197 e. The molecule has 504 valence electrons. The third-order valence-electron chi connectivity index (χ3n) is 15.7. The predicted octanol–water partition coefficient (Wildman–Crippen LogP) is 33.3. The average molecular weight is 1170 g/mol. The van der Waals surface area contributed by atoms with Crippen LogP contribution >= 0.6 is 13.5 Å². The summed E-state index contributed by atoms with van der Waals surface area (Å²) in [7, 11) is 0. The molecule has 0 spiro atoms. The van der Waals surface area contributed by atoms with Crippen molar-refractivity contribution < 1.29 is 0 Å². The van der Waals surface area contributed by atoms with Gasteiger partial charge in [-0.3, -0.25) is 0 Å². The number of unbranched alkanes of at least 4 members (excludes halogenated alkanes) is 56. The van der Waals surface area contributed by atoms with Gasteiger partial charge in [0.1, 0.15) is 0 Å². The van der Waals surface area contributed by atoms with Gasteiger partial charge in [-0.15, -0.1) is 0 Å². The van der Waals surface area contributed by atoms with E-state index in [4.69, 9.17) is 0 Å². The number of rotatable bonds is 56. The van der Waals surface area contributed by atoms with Crippen molar-refractivity contribution in [3.8, 4) is 0 Å². The minimum absolute atomic E-state index is 0. The highest BCUT2D eigenvalue weighted by Crippen LogP contribution is 2.13. The lowest BCUT2D eigenvalue weighted by Crippen LogP contribution is -1.77. The average Bonchev–Trinajstić information content (AvgIpc) is 3.47. The molecule has 0 saturated heterocycles. The Labute approximate surface area is 532 Å². The third-order valence-corrected chi connectivity index (χ3v) is 15.7. The molecule has 0 saturated carbocycles. The summed E-state index contributed by atoms with van der Waals surface area (Å²) in [4.78, 5) is 0. The van der Waals surface area contributed by atoms with Crippen LogP contribution in [0.1, 0.15) is 522 Å². The standard InChI is InChI=1S/8C10H22.H2S/c8*1-3-5-7-9-10-8-6-4-2;/h8*3-10H2,1-2H3;1H2. The van der Waals surface area contributed by atoms with Crippen molar-refractivity contribution in [1.82, 2.24) is 0 Å².